The normalized spacial score (nSPS) is 17.0. The Labute approximate surface area is 188 Å². The van der Waals surface area contributed by atoms with Crippen LogP contribution in [0.1, 0.15) is 25.8 Å². The quantitative estimate of drug-likeness (QED) is 0.222. The number of benzene rings is 1. The highest BCUT2D eigenvalue weighted by molar-refractivity contribution is 14.0. The van der Waals surface area contributed by atoms with Crippen LogP contribution >= 0.6 is 24.0 Å². The summed E-state index contributed by atoms with van der Waals surface area (Å²) in [5, 5.41) is 6.68. The van der Waals surface area contributed by atoms with E-state index in [9.17, 15) is 0 Å². The number of hydrogen-bond acceptors (Lipinski definition) is 4. The third-order valence-electron chi connectivity index (χ3n) is 4.76. The first-order valence-electron chi connectivity index (χ1n) is 10.2. The summed E-state index contributed by atoms with van der Waals surface area (Å²) in [6.07, 6.45) is 1.09. The molecule has 1 aromatic carbocycles. The number of methoxy groups -OCH3 is 1. The molecular formula is C21H38IN5O. The first-order valence-corrected chi connectivity index (χ1v) is 10.2. The van der Waals surface area contributed by atoms with Crippen molar-refractivity contribution in [3.8, 4) is 0 Å². The van der Waals surface area contributed by atoms with Crippen molar-refractivity contribution >= 4 is 29.9 Å². The van der Waals surface area contributed by atoms with E-state index in [0.717, 1.165) is 64.7 Å². The van der Waals surface area contributed by atoms with Gasteiger partial charge in [-0.25, -0.2) is 0 Å². The van der Waals surface area contributed by atoms with Crippen LogP contribution in [0.5, 0.6) is 0 Å². The third kappa shape index (κ3) is 10.0. The van der Waals surface area contributed by atoms with Crippen LogP contribution in [0.15, 0.2) is 35.3 Å². The minimum Gasteiger partial charge on any atom is -0.383 e. The summed E-state index contributed by atoms with van der Waals surface area (Å²) in [5.41, 5.74) is 1.41. The molecule has 0 bridgehead atoms. The lowest BCUT2D eigenvalue weighted by Gasteiger charge is -2.34. The Morgan fingerprint density at radius 3 is 2.46 bits per heavy atom. The molecule has 28 heavy (non-hydrogen) atoms. The molecular weight excluding hydrogens is 465 g/mol. The first-order chi connectivity index (χ1) is 13.2. The van der Waals surface area contributed by atoms with E-state index in [1.165, 1.54) is 5.56 Å². The second kappa shape index (κ2) is 15.0. The van der Waals surface area contributed by atoms with Crippen LogP contribution in [0.4, 0.5) is 0 Å². The molecule has 1 aliphatic rings. The van der Waals surface area contributed by atoms with Crippen LogP contribution in [0.2, 0.25) is 0 Å². The van der Waals surface area contributed by atoms with Crippen molar-refractivity contribution in [3.05, 3.63) is 35.9 Å². The van der Waals surface area contributed by atoms with Gasteiger partial charge in [0, 0.05) is 65.5 Å². The number of halogens is 1. The van der Waals surface area contributed by atoms with E-state index in [1.807, 2.05) is 0 Å². The van der Waals surface area contributed by atoms with Crippen LogP contribution in [-0.4, -0.2) is 81.3 Å². The van der Waals surface area contributed by atoms with Gasteiger partial charge in [0.2, 0.25) is 0 Å². The minimum absolute atomic E-state index is 0. The minimum atomic E-state index is 0. The molecule has 7 heteroatoms. The fourth-order valence-electron chi connectivity index (χ4n) is 3.34. The predicted octanol–water partition coefficient (Wildman–Crippen LogP) is 2.40. The molecule has 1 aliphatic heterocycles. The fourth-order valence-corrected chi connectivity index (χ4v) is 3.34. The molecule has 160 valence electrons. The largest absolute Gasteiger partial charge is 0.383 e. The summed E-state index contributed by atoms with van der Waals surface area (Å²) >= 11 is 0. The molecule has 1 unspecified atom stereocenters. The van der Waals surface area contributed by atoms with Crippen LogP contribution in [0.25, 0.3) is 0 Å². The lowest BCUT2D eigenvalue weighted by molar-refractivity contribution is 0.127. The number of hydrogen-bond donors (Lipinski definition) is 2. The van der Waals surface area contributed by atoms with Crippen molar-refractivity contribution in [2.45, 2.75) is 32.9 Å². The van der Waals surface area contributed by atoms with Gasteiger partial charge in [-0.3, -0.25) is 9.89 Å². The average Bonchev–Trinajstić information content (AvgIpc) is 2.67. The number of piperazine rings is 1. The van der Waals surface area contributed by atoms with E-state index in [4.69, 9.17) is 9.73 Å². The van der Waals surface area contributed by atoms with Gasteiger partial charge in [0.1, 0.15) is 0 Å². The van der Waals surface area contributed by atoms with Crippen molar-refractivity contribution in [2.24, 2.45) is 4.99 Å². The lowest BCUT2D eigenvalue weighted by Crippen LogP contribution is -2.46. The lowest BCUT2D eigenvalue weighted by atomic mass is 10.2. The molecule has 1 aromatic rings. The molecule has 1 saturated heterocycles. The topological polar surface area (TPSA) is 52.1 Å². The van der Waals surface area contributed by atoms with Gasteiger partial charge in [-0.05, 0) is 25.8 Å². The number of nitrogens with zero attached hydrogens (tertiary/aromatic N) is 3. The molecule has 0 radical (unpaired) electrons. The molecule has 0 amide bonds. The number of nitrogens with one attached hydrogen (secondary N) is 2. The average molecular weight is 503 g/mol. The molecule has 1 atom stereocenters. The Morgan fingerprint density at radius 1 is 1.14 bits per heavy atom. The summed E-state index contributed by atoms with van der Waals surface area (Å²) in [6.45, 7) is 13.4. The first kappa shape index (κ1) is 25.1. The Bertz CT molecular complexity index is 535. The standard InChI is InChI=1S/C21H37N5O.HI/c1-4-22-21(24-19(2)18-27-3)23-11-8-12-25-13-15-26(16-14-25)17-20-9-6-5-7-10-20;/h5-7,9-10,19H,4,8,11-18H2,1-3H3,(H2,22,23,24);1H. The highest BCUT2D eigenvalue weighted by Crippen LogP contribution is 2.08. The summed E-state index contributed by atoms with van der Waals surface area (Å²) in [4.78, 5) is 9.80. The van der Waals surface area contributed by atoms with Gasteiger partial charge >= 0.3 is 0 Å². The van der Waals surface area contributed by atoms with Crippen LogP contribution in [0, 0.1) is 0 Å². The number of guanidine groups is 1. The van der Waals surface area contributed by atoms with Gasteiger partial charge in [0.15, 0.2) is 5.96 Å². The van der Waals surface area contributed by atoms with Gasteiger partial charge in [0.05, 0.1) is 6.61 Å². The highest BCUT2D eigenvalue weighted by Gasteiger charge is 2.16. The molecule has 2 N–H and O–H groups in total. The van der Waals surface area contributed by atoms with E-state index in [0.29, 0.717) is 6.61 Å². The van der Waals surface area contributed by atoms with E-state index in [-0.39, 0.29) is 30.0 Å². The van der Waals surface area contributed by atoms with Crippen LogP contribution in [0.3, 0.4) is 0 Å². The summed E-state index contributed by atoms with van der Waals surface area (Å²) in [6, 6.07) is 11.0. The van der Waals surface area contributed by atoms with Crippen LogP contribution < -0.4 is 10.6 Å². The third-order valence-corrected chi connectivity index (χ3v) is 4.76. The van der Waals surface area contributed by atoms with Gasteiger partial charge in [-0.2, -0.15) is 0 Å². The molecule has 2 rings (SSSR count). The van der Waals surface area contributed by atoms with Gasteiger partial charge in [0.25, 0.3) is 0 Å². The monoisotopic (exact) mass is 503 g/mol. The fraction of sp³-hybridized carbons (Fsp3) is 0.667. The zero-order valence-corrected chi connectivity index (χ0v) is 20.0. The molecule has 1 fully saturated rings. The molecule has 0 aromatic heterocycles. The van der Waals surface area contributed by atoms with E-state index < -0.39 is 0 Å². The second-order valence-electron chi connectivity index (χ2n) is 7.22. The van der Waals surface area contributed by atoms with Gasteiger partial charge < -0.3 is 20.3 Å². The smallest absolute Gasteiger partial charge is 0.191 e. The summed E-state index contributed by atoms with van der Waals surface area (Å²) < 4.78 is 5.18. The Hall–Kier alpha value is -0.900. The molecule has 0 aliphatic carbocycles. The van der Waals surface area contributed by atoms with Crippen LogP contribution in [-0.2, 0) is 11.3 Å². The summed E-state index contributed by atoms with van der Waals surface area (Å²) in [5.74, 6) is 0.884. The van der Waals surface area contributed by atoms with E-state index >= 15 is 0 Å². The van der Waals surface area contributed by atoms with E-state index in [1.54, 1.807) is 7.11 Å². The molecule has 6 nitrogen and oxygen atoms in total. The van der Waals surface area contributed by atoms with Crippen molar-refractivity contribution in [2.75, 3.05) is 59.5 Å². The van der Waals surface area contributed by atoms with Crippen molar-refractivity contribution in [3.63, 3.8) is 0 Å². The summed E-state index contributed by atoms with van der Waals surface area (Å²) in [7, 11) is 1.72. The molecule has 1 heterocycles. The zero-order chi connectivity index (χ0) is 19.3. The highest BCUT2D eigenvalue weighted by atomic mass is 127. The molecule has 0 spiro atoms. The van der Waals surface area contributed by atoms with E-state index in [2.05, 4.69) is 64.6 Å². The van der Waals surface area contributed by atoms with Crippen molar-refractivity contribution in [1.82, 2.24) is 20.4 Å². The van der Waals surface area contributed by atoms with Gasteiger partial charge in [-0.1, -0.05) is 30.3 Å². The zero-order valence-electron chi connectivity index (χ0n) is 17.7. The number of aliphatic imine (C=N–C) groups is 1. The van der Waals surface area contributed by atoms with Gasteiger partial charge in [-0.15, -0.1) is 24.0 Å². The maximum atomic E-state index is 5.18. The maximum absolute atomic E-state index is 5.18. The second-order valence-corrected chi connectivity index (χ2v) is 7.22. The molecule has 0 saturated carbocycles. The Kier molecular flexibility index (Phi) is 13.5. The Morgan fingerprint density at radius 2 is 1.82 bits per heavy atom. The number of ether oxygens (including phenoxy) is 1. The van der Waals surface area contributed by atoms with Crippen molar-refractivity contribution in [1.29, 1.82) is 0 Å². The predicted molar refractivity (Wildman–Crippen MR) is 129 cm³/mol. The van der Waals surface area contributed by atoms with Crippen molar-refractivity contribution < 1.29 is 4.74 Å². The SMILES string of the molecule is CCNC(=NCCCN1CCN(Cc2ccccc2)CC1)NC(C)COC.I. The maximum Gasteiger partial charge on any atom is 0.191 e. The number of rotatable bonds is 10. The Balaban J connectivity index is 0.00000392.